The van der Waals surface area contributed by atoms with Crippen LogP contribution in [-0.4, -0.2) is 36.6 Å². The zero-order valence-electron chi connectivity index (χ0n) is 12.2. The van der Waals surface area contributed by atoms with E-state index in [4.69, 9.17) is 0 Å². The van der Waals surface area contributed by atoms with E-state index >= 15 is 0 Å². The summed E-state index contributed by atoms with van der Waals surface area (Å²) >= 11 is 3.27. The fraction of sp³-hybridized carbons (Fsp3) is 0.625. The molecule has 4 heteroatoms. The number of aryl methyl sites for hydroxylation is 1. The van der Waals surface area contributed by atoms with Gasteiger partial charge in [0.1, 0.15) is 5.82 Å². The number of hydrogen-bond acceptors (Lipinski definition) is 2. The third kappa shape index (κ3) is 2.60. The first-order valence-electron chi connectivity index (χ1n) is 7.52. The summed E-state index contributed by atoms with van der Waals surface area (Å²) in [5, 5.41) is 0. The van der Waals surface area contributed by atoms with Gasteiger partial charge >= 0.3 is 0 Å². The maximum Gasteiger partial charge on any atom is 0.139 e. The maximum atomic E-state index is 13.9. The molecule has 0 aliphatic carbocycles. The molecule has 3 rings (SSSR count). The lowest BCUT2D eigenvalue weighted by Crippen LogP contribution is -2.59. The van der Waals surface area contributed by atoms with Crippen LogP contribution in [0.5, 0.6) is 0 Å². The number of fused-ring (bicyclic) bond motifs is 1. The summed E-state index contributed by atoms with van der Waals surface area (Å²) in [6.07, 6.45) is 3.94. The number of halogens is 2. The minimum atomic E-state index is -0.163. The van der Waals surface area contributed by atoms with E-state index < -0.39 is 0 Å². The van der Waals surface area contributed by atoms with E-state index in [1.165, 1.54) is 25.8 Å². The molecule has 0 aromatic heterocycles. The van der Waals surface area contributed by atoms with Crippen LogP contribution >= 0.6 is 15.9 Å². The fourth-order valence-electron chi connectivity index (χ4n) is 3.63. The average molecular weight is 341 g/mol. The van der Waals surface area contributed by atoms with Crippen molar-refractivity contribution in [3.8, 4) is 0 Å². The number of hydrogen-bond donors (Lipinski definition) is 0. The Bertz CT molecular complexity index is 505. The molecular formula is C16H22BrFN2. The number of piperazine rings is 1. The van der Waals surface area contributed by atoms with E-state index in [-0.39, 0.29) is 5.82 Å². The molecule has 0 amide bonds. The first-order chi connectivity index (χ1) is 9.56. The molecule has 2 unspecified atom stereocenters. The van der Waals surface area contributed by atoms with Crippen LogP contribution in [0, 0.1) is 12.7 Å². The van der Waals surface area contributed by atoms with Crippen LogP contribution in [-0.2, 0) is 0 Å². The van der Waals surface area contributed by atoms with Gasteiger partial charge in [-0.3, -0.25) is 4.90 Å². The maximum absolute atomic E-state index is 13.9. The topological polar surface area (TPSA) is 6.48 Å². The normalized spacial score (nSPS) is 27.5. The Labute approximate surface area is 129 Å². The zero-order valence-corrected chi connectivity index (χ0v) is 13.8. The van der Waals surface area contributed by atoms with Crippen molar-refractivity contribution in [3.63, 3.8) is 0 Å². The molecule has 0 N–H and O–H groups in total. The number of nitrogens with zero attached hydrogens (tertiary/aromatic N) is 2. The monoisotopic (exact) mass is 340 g/mol. The largest absolute Gasteiger partial charge is 0.366 e. The second-order valence-corrected chi connectivity index (χ2v) is 7.05. The van der Waals surface area contributed by atoms with E-state index in [0.717, 1.165) is 24.3 Å². The van der Waals surface area contributed by atoms with Crippen LogP contribution in [0.1, 0.15) is 31.7 Å². The highest BCUT2D eigenvalue weighted by atomic mass is 79.9. The van der Waals surface area contributed by atoms with Gasteiger partial charge in [-0.15, -0.1) is 0 Å². The van der Waals surface area contributed by atoms with E-state index in [1.54, 1.807) is 6.07 Å². The van der Waals surface area contributed by atoms with Crippen LogP contribution < -0.4 is 4.90 Å². The quantitative estimate of drug-likeness (QED) is 0.763. The Kier molecular flexibility index (Phi) is 4.04. The molecule has 1 aromatic rings. The van der Waals surface area contributed by atoms with Gasteiger partial charge < -0.3 is 4.90 Å². The van der Waals surface area contributed by atoms with Crippen molar-refractivity contribution in [1.29, 1.82) is 0 Å². The first kappa shape index (κ1) is 14.3. The second kappa shape index (κ2) is 5.64. The van der Waals surface area contributed by atoms with Gasteiger partial charge in [-0.2, -0.15) is 0 Å². The lowest BCUT2D eigenvalue weighted by Gasteiger charge is -2.48. The molecule has 1 aromatic carbocycles. The van der Waals surface area contributed by atoms with Crippen LogP contribution in [0.2, 0.25) is 0 Å². The van der Waals surface area contributed by atoms with Crippen LogP contribution in [0.25, 0.3) is 0 Å². The Balaban J connectivity index is 1.88. The third-order valence-electron chi connectivity index (χ3n) is 4.74. The average Bonchev–Trinajstić information content (AvgIpc) is 2.42. The highest BCUT2D eigenvalue weighted by molar-refractivity contribution is 9.10. The fourth-order valence-corrected chi connectivity index (χ4v) is 4.09. The summed E-state index contributed by atoms with van der Waals surface area (Å²) in [5.41, 5.74) is 2.21. The number of anilines is 1. The molecule has 0 saturated carbocycles. The van der Waals surface area contributed by atoms with Gasteiger partial charge in [-0.25, -0.2) is 4.39 Å². The predicted molar refractivity (Wildman–Crippen MR) is 84.9 cm³/mol. The van der Waals surface area contributed by atoms with Gasteiger partial charge in [-0.05, 0) is 66.9 Å². The lowest BCUT2D eigenvalue weighted by atomic mass is 9.96. The van der Waals surface area contributed by atoms with Crippen molar-refractivity contribution in [3.05, 3.63) is 28.0 Å². The summed E-state index contributed by atoms with van der Waals surface area (Å²) < 4.78 is 14.4. The van der Waals surface area contributed by atoms with Gasteiger partial charge in [0.05, 0.1) is 4.47 Å². The standard InChI is InChI=1S/C16H22BrFN2/c1-11-7-14(17)15(18)8-16(11)20-10-13-5-3-4-6-19(13)9-12(20)2/h7-8,12-13H,3-6,9-10H2,1-2H3. The van der Waals surface area contributed by atoms with Crippen molar-refractivity contribution in [2.75, 3.05) is 24.5 Å². The lowest BCUT2D eigenvalue weighted by molar-refractivity contribution is 0.115. The molecule has 2 aliphatic heterocycles. The predicted octanol–water partition coefficient (Wildman–Crippen LogP) is 3.96. The molecule has 2 fully saturated rings. The number of benzene rings is 1. The van der Waals surface area contributed by atoms with Crippen LogP contribution in [0.3, 0.4) is 0 Å². The smallest absolute Gasteiger partial charge is 0.139 e. The second-order valence-electron chi connectivity index (χ2n) is 6.20. The van der Waals surface area contributed by atoms with Gasteiger partial charge in [0.25, 0.3) is 0 Å². The van der Waals surface area contributed by atoms with Crippen molar-refractivity contribution in [1.82, 2.24) is 4.90 Å². The van der Waals surface area contributed by atoms with Gasteiger partial charge in [0, 0.05) is 30.9 Å². The summed E-state index contributed by atoms with van der Waals surface area (Å²) in [6, 6.07) is 4.67. The molecule has 110 valence electrons. The van der Waals surface area contributed by atoms with Gasteiger partial charge in [0.2, 0.25) is 0 Å². The molecule has 2 aliphatic rings. The number of piperidine rings is 1. The van der Waals surface area contributed by atoms with Crippen molar-refractivity contribution >= 4 is 21.6 Å². The molecular weight excluding hydrogens is 319 g/mol. The third-order valence-corrected chi connectivity index (χ3v) is 5.34. The summed E-state index contributed by atoms with van der Waals surface area (Å²) in [4.78, 5) is 5.02. The Morgan fingerprint density at radius 2 is 2.05 bits per heavy atom. The van der Waals surface area contributed by atoms with Crippen LogP contribution in [0.15, 0.2) is 16.6 Å². The molecule has 20 heavy (non-hydrogen) atoms. The van der Waals surface area contributed by atoms with Crippen LogP contribution in [0.4, 0.5) is 10.1 Å². The molecule has 2 heterocycles. The van der Waals surface area contributed by atoms with Gasteiger partial charge in [-0.1, -0.05) is 6.42 Å². The number of rotatable bonds is 1. The highest BCUT2D eigenvalue weighted by Crippen LogP contribution is 2.32. The van der Waals surface area contributed by atoms with E-state index in [9.17, 15) is 4.39 Å². The van der Waals surface area contributed by atoms with E-state index in [0.29, 0.717) is 16.6 Å². The van der Waals surface area contributed by atoms with E-state index in [1.807, 2.05) is 6.07 Å². The molecule has 2 atom stereocenters. The Morgan fingerprint density at radius 1 is 1.25 bits per heavy atom. The van der Waals surface area contributed by atoms with E-state index in [2.05, 4.69) is 39.6 Å². The SMILES string of the molecule is Cc1cc(Br)c(F)cc1N1CC2CCCCN2CC1C. The molecule has 0 bridgehead atoms. The minimum Gasteiger partial charge on any atom is -0.366 e. The highest BCUT2D eigenvalue weighted by Gasteiger charge is 2.33. The Hall–Kier alpha value is -0.610. The summed E-state index contributed by atoms with van der Waals surface area (Å²) in [7, 11) is 0. The Morgan fingerprint density at radius 3 is 2.85 bits per heavy atom. The first-order valence-corrected chi connectivity index (χ1v) is 8.32. The summed E-state index contributed by atoms with van der Waals surface area (Å²) in [5.74, 6) is -0.163. The van der Waals surface area contributed by atoms with Gasteiger partial charge in [0.15, 0.2) is 0 Å². The minimum absolute atomic E-state index is 0.163. The van der Waals surface area contributed by atoms with Crippen molar-refractivity contribution in [2.45, 2.75) is 45.2 Å². The van der Waals surface area contributed by atoms with Crippen molar-refractivity contribution < 1.29 is 4.39 Å². The van der Waals surface area contributed by atoms with Crippen molar-refractivity contribution in [2.24, 2.45) is 0 Å². The molecule has 0 spiro atoms. The molecule has 2 nitrogen and oxygen atoms in total. The molecule has 2 saturated heterocycles. The molecule has 0 radical (unpaired) electrons. The summed E-state index contributed by atoms with van der Waals surface area (Å²) in [6.45, 7) is 7.69. The zero-order chi connectivity index (χ0) is 14.3.